The molecular formula is C22H21N5OS. The number of thiophene rings is 1. The standard InChI is InChI=1S/C22H21N5OS/c1-12-9-10-23-27(12)17-6-4-5-16(11-17)25-21(28)19-13(2)18-14(3)24-20(15-7-8-15)26-22(18)29-19/h4-6,9-11,15H,7-8H2,1-3H3,(H,25,28). The lowest BCUT2D eigenvalue weighted by Gasteiger charge is -2.08. The Morgan fingerprint density at radius 2 is 2.00 bits per heavy atom. The van der Waals surface area contributed by atoms with Crippen LogP contribution in [0.15, 0.2) is 36.5 Å². The highest BCUT2D eigenvalue weighted by molar-refractivity contribution is 7.20. The quantitative estimate of drug-likeness (QED) is 0.524. The highest BCUT2D eigenvalue weighted by Gasteiger charge is 2.28. The number of hydrogen-bond acceptors (Lipinski definition) is 5. The van der Waals surface area contributed by atoms with Crippen molar-refractivity contribution in [3.8, 4) is 5.69 Å². The number of nitrogens with one attached hydrogen (secondary N) is 1. The number of hydrogen-bond donors (Lipinski definition) is 1. The van der Waals surface area contributed by atoms with Crippen LogP contribution in [-0.4, -0.2) is 25.7 Å². The van der Waals surface area contributed by atoms with Gasteiger partial charge < -0.3 is 5.32 Å². The fourth-order valence-electron chi connectivity index (χ4n) is 3.64. The number of carbonyl (C=O) groups excluding carboxylic acids is 1. The molecule has 6 nitrogen and oxygen atoms in total. The second-order valence-corrected chi connectivity index (χ2v) is 8.57. The van der Waals surface area contributed by atoms with Crippen molar-refractivity contribution in [3.63, 3.8) is 0 Å². The average Bonchev–Trinajstić information content (AvgIpc) is 3.37. The van der Waals surface area contributed by atoms with Gasteiger partial charge in [-0.2, -0.15) is 5.10 Å². The first-order valence-electron chi connectivity index (χ1n) is 9.71. The van der Waals surface area contributed by atoms with E-state index in [0.717, 1.165) is 57.2 Å². The third-order valence-corrected chi connectivity index (χ3v) is 6.50. The second kappa shape index (κ2) is 6.77. The van der Waals surface area contributed by atoms with Gasteiger partial charge in [-0.05, 0) is 63.4 Å². The number of carbonyl (C=O) groups is 1. The van der Waals surface area contributed by atoms with Gasteiger partial charge in [-0.25, -0.2) is 14.6 Å². The van der Waals surface area contributed by atoms with E-state index in [2.05, 4.69) is 15.4 Å². The normalized spacial score (nSPS) is 13.8. The van der Waals surface area contributed by atoms with Gasteiger partial charge in [0.15, 0.2) is 0 Å². The highest BCUT2D eigenvalue weighted by Crippen LogP contribution is 2.40. The maximum absolute atomic E-state index is 13.0. The predicted molar refractivity (Wildman–Crippen MR) is 115 cm³/mol. The zero-order valence-corrected chi connectivity index (χ0v) is 17.4. The number of amides is 1. The summed E-state index contributed by atoms with van der Waals surface area (Å²) in [5.74, 6) is 1.30. The molecule has 0 saturated heterocycles. The van der Waals surface area contributed by atoms with Crippen molar-refractivity contribution >= 4 is 33.1 Å². The van der Waals surface area contributed by atoms with Gasteiger partial charge in [0.25, 0.3) is 5.91 Å². The summed E-state index contributed by atoms with van der Waals surface area (Å²) < 4.78 is 1.85. The Morgan fingerprint density at radius 3 is 2.72 bits per heavy atom. The van der Waals surface area contributed by atoms with Crippen molar-refractivity contribution in [1.29, 1.82) is 0 Å². The first-order chi connectivity index (χ1) is 14.0. The number of rotatable bonds is 4. The van der Waals surface area contributed by atoms with E-state index in [1.165, 1.54) is 11.3 Å². The lowest BCUT2D eigenvalue weighted by Crippen LogP contribution is -2.12. The van der Waals surface area contributed by atoms with Gasteiger partial charge in [0.2, 0.25) is 0 Å². The first-order valence-corrected chi connectivity index (χ1v) is 10.5. The van der Waals surface area contributed by atoms with Gasteiger partial charge in [0.05, 0.1) is 16.3 Å². The molecule has 1 amide bonds. The summed E-state index contributed by atoms with van der Waals surface area (Å²) in [7, 11) is 0. The van der Waals surface area contributed by atoms with Crippen molar-refractivity contribution in [1.82, 2.24) is 19.7 Å². The molecule has 1 fully saturated rings. The molecule has 1 N–H and O–H groups in total. The van der Waals surface area contributed by atoms with E-state index in [-0.39, 0.29) is 5.91 Å². The van der Waals surface area contributed by atoms with E-state index in [4.69, 9.17) is 4.98 Å². The largest absolute Gasteiger partial charge is 0.321 e. The number of anilines is 1. The fraction of sp³-hybridized carbons (Fsp3) is 0.273. The van der Waals surface area contributed by atoms with Crippen LogP contribution in [0.3, 0.4) is 0 Å². The van der Waals surface area contributed by atoms with Crippen molar-refractivity contribution < 1.29 is 4.79 Å². The Morgan fingerprint density at radius 1 is 1.17 bits per heavy atom. The molecule has 0 aliphatic heterocycles. The summed E-state index contributed by atoms with van der Waals surface area (Å²) in [6, 6.07) is 9.65. The van der Waals surface area contributed by atoms with Gasteiger partial charge in [-0.3, -0.25) is 4.79 Å². The molecule has 1 aliphatic carbocycles. The number of aromatic nitrogens is 4. The second-order valence-electron chi connectivity index (χ2n) is 7.57. The van der Waals surface area contributed by atoms with Gasteiger partial charge in [0.1, 0.15) is 10.7 Å². The molecule has 146 valence electrons. The van der Waals surface area contributed by atoms with E-state index >= 15 is 0 Å². The molecule has 0 unspecified atom stereocenters. The molecule has 0 radical (unpaired) electrons. The van der Waals surface area contributed by atoms with E-state index in [0.29, 0.717) is 10.8 Å². The number of fused-ring (bicyclic) bond motifs is 1. The number of benzene rings is 1. The lowest BCUT2D eigenvalue weighted by atomic mass is 10.1. The Bertz CT molecular complexity index is 1250. The molecule has 7 heteroatoms. The van der Waals surface area contributed by atoms with E-state index < -0.39 is 0 Å². The molecule has 1 saturated carbocycles. The first kappa shape index (κ1) is 18.0. The minimum absolute atomic E-state index is 0.118. The predicted octanol–water partition coefficient (Wildman–Crippen LogP) is 4.93. The summed E-state index contributed by atoms with van der Waals surface area (Å²) in [6.07, 6.45) is 4.09. The highest BCUT2D eigenvalue weighted by atomic mass is 32.1. The zero-order valence-electron chi connectivity index (χ0n) is 16.6. The van der Waals surface area contributed by atoms with Gasteiger partial charge >= 0.3 is 0 Å². The third kappa shape index (κ3) is 3.21. The Balaban J connectivity index is 1.47. The Kier molecular flexibility index (Phi) is 4.20. The van der Waals surface area contributed by atoms with Crippen LogP contribution in [0, 0.1) is 20.8 Å². The summed E-state index contributed by atoms with van der Waals surface area (Å²) >= 11 is 1.45. The monoisotopic (exact) mass is 403 g/mol. The third-order valence-electron chi connectivity index (χ3n) is 5.32. The van der Waals surface area contributed by atoms with Crippen LogP contribution in [0.4, 0.5) is 5.69 Å². The van der Waals surface area contributed by atoms with E-state index in [1.807, 2.05) is 55.8 Å². The lowest BCUT2D eigenvalue weighted by molar-refractivity contribution is 0.103. The van der Waals surface area contributed by atoms with Crippen molar-refractivity contribution in [3.05, 3.63) is 64.2 Å². The Hall–Kier alpha value is -3.06. The minimum Gasteiger partial charge on any atom is -0.321 e. The zero-order chi connectivity index (χ0) is 20.1. The molecule has 1 aliphatic rings. The summed E-state index contributed by atoms with van der Waals surface area (Å²) in [5, 5.41) is 8.37. The van der Waals surface area contributed by atoms with Gasteiger partial charge in [0, 0.05) is 28.9 Å². The maximum atomic E-state index is 13.0. The van der Waals surface area contributed by atoms with Crippen LogP contribution in [0.5, 0.6) is 0 Å². The minimum atomic E-state index is -0.118. The van der Waals surface area contributed by atoms with Crippen molar-refractivity contribution in [2.24, 2.45) is 0 Å². The summed E-state index contributed by atoms with van der Waals surface area (Å²) in [5.41, 5.74) is 4.59. The van der Waals surface area contributed by atoms with Gasteiger partial charge in [-0.1, -0.05) is 6.07 Å². The van der Waals surface area contributed by atoms with Crippen LogP contribution < -0.4 is 5.32 Å². The summed E-state index contributed by atoms with van der Waals surface area (Å²) in [4.78, 5) is 24.1. The SMILES string of the molecule is Cc1nc(C2CC2)nc2sc(C(=O)Nc3cccc(-n4nccc4C)c3)c(C)c12. The molecule has 29 heavy (non-hydrogen) atoms. The number of aryl methyl sites for hydroxylation is 3. The molecule has 4 aromatic rings. The van der Waals surface area contributed by atoms with Crippen LogP contribution >= 0.6 is 11.3 Å². The fourth-order valence-corrected chi connectivity index (χ4v) is 4.78. The molecule has 0 spiro atoms. The van der Waals surface area contributed by atoms with E-state index in [1.54, 1.807) is 6.20 Å². The maximum Gasteiger partial charge on any atom is 0.266 e. The van der Waals surface area contributed by atoms with Crippen LogP contribution in [0.2, 0.25) is 0 Å². The van der Waals surface area contributed by atoms with Crippen LogP contribution in [0.1, 0.15) is 51.2 Å². The molecule has 3 heterocycles. The topological polar surface area (TPSA) is 72.7 Å². The molecule has 1 aromatic carbocycles. The molecule has 5 rings (SSSR count). The van der Waals surface area contributed by atoms with Gasteiger partial charge in [-0.15, -0.1) is 11.3 Å². The summed E-state index contributed by atoms with van der Waals surface area (Å²) in [6.45, 7) is 5.98. The molecule has 0 atom stereocenters. The average molecular weight is 404 g/mol. The smallest absolute Gasteiger partial charge is 0.266 e. The van der Waals surface area contributed by atoms with Crippen molar-refractivity contribution in [2.75, 3.05) is 5.32 Å². The molecule has 0 bridgehead atoms. The van der Waals surface area contributed by atoms with Crippen LogP contribution in [0.25, 0.3) is 15.9 Å². The van der Waals surface area contributed by atoms with E-state index in [9.17, 15) is 4.79 Å². The number of nitrogens with zero attached hydrogens (tertiary/aromatic N) is 4. The van der Waals surface area contributed by atoms with Crippen LogP contribution in [-0.2, 0) is 0 Å². The van der Waals surface area contributed by atoms with Crippen molar-refractivity contribution in [2.45, 2.75) is 39.5 Å². The molecular weight excluding hydrogens is 382 g/mol. The molecule has 3 aromatic heterocycles. The Labute approximate surface area is 172 Å².